The van der Waals surface area contributed by atoms with Crippen LogP contribution in [-0.2, 0) is 22.4 Å². The van der Waals surface area contributed by atoms with Crippen LogP contribution in [0.25, 0.3) is 10.4 Å². The first-order valence-electron chi connectivity index (χ1n) is 10.2. The van der Waals surface area contributed by atoms with E-state index in [4.69, 9.17) is 5.73 Å². The number of nitrogens with zero attached hydrogens (tertiary/aromatic N) is 2. The number of thiophene rings is 1. The molecule has 0 spiro atoms. The summed E-state index contributed by atoms with van der Waals surface area (Å²) in [6.45, 7) is 1.01. The summed E-state index contributed by atoms with van der Waals surface area (Å²) < 4.78 is 0. The standard InChI is InChI=1S/C24H25N3O2S/c25-23(29)24(16-18-6-3-7-19(14-18)21-9-4-13-30-21)10-5-12-27(17-24)22(28)15-20-8-1-2-11-26-20/h1-4,6-9,11,13-14H,5,10,12,15-17H2,(H2,25,29)/t24-/m0/s1. The fraction of sp³-hybridized carbons (Fsp3) is 0.292. The van der Waals surface area contributed by atoms with Crippen molar-refractivity contribution in [2.24, 2.45) is 11.1 Å². The number of benzene rings is 1. The average molecular weight is 420 g/mol. The fourth-order valence-electron chi connectivity index (χ4n) is 4.21. The molecule has 0 unspecified atom stereocenters. The van der Waals surface area contributed by atoms with Gasteiger partial charge in [0.1, 0.15) is 0 Å². The minimum atomic E-state index is -0.744. The highest BCUT2D eigenvalue weighted by Gasteiger charge is 2.42. The zero-order valence-electron chi connectivity index (χ0n) is 16.8. The minimum absolute atomic E-state index is 0.00800. The Morgan fingerprint density at radius 3 is 2.77 bits per heavy atom. The van der Waals surface area contributed by atoms with Gasteiger partial charge in [-0.25, -0.2) is 0 Å². The molecule has 5 nitrogen and oxygen atoms in total. The van der Waals surface area contributed by atoms with E-state index in [-0.39, 0.29) is 18.2 Å². The van der Waals surface area contributed by atoms with Crippen molar-refractivity contribution < 1.29 is 9.59 Å². The number of hydrogen-bond donors (Lipinski definition) is 1. The maximum Gasteiger partial charge on any atom is 0.228 e. The van der Waals surface area contributed by atoms with Crippen LogP contribution in [0.3, 0.4) is 0 Å². The fourth-order valence-corrected chi connectivity index (χ4v) is 4.94. The number of nitrogens with two attached hydrogens (primary N) is 1. The number of pyridine rings is 1. The Bertz CT molecular complexity index is 1020. The van der Waals surface area contributed by atoms with Gasteiger partial charge in [-0.2, -0.15) is 0 Å². The lowest BCUT2D eigenvalue weighted by Crippen LogP contribution is -2.53. The molecule has 4 rings (SSSR count). The summed E-state index contributed by atoms with van der Waals surface area (Å²) in [5, 5.41) is 2.05. The lowest BCUT2D eigenvalue weighted by molar-refractivity contribution is -0.139. The van der Waals surface area contributed by atoms with Crippen molar-refractivity contribution >= 4 is 23.2 Å². The maximum atomic E-state index is 12.9. The molecule has 1 aromatic carbocycles. The topological polar surface area (TPSA) is 76.3 Å². The molecule has 1 aliphatic rings. The van der Waals surface area contributed by atoms with Crippen LogP contribution in [0.15, 0.2) is 66.2 Å². The van der Waals surface area contributed by atoms with E-state index in [2.05, 4.69) is 28.6 Å². The van der Waals surface area contributed by atoms with E-state index >= 15 is 0 Å². The quantitative estimate of drug-likeness (QED) is 0.662. The zero-order valence-corrected chi connectivity index (χ0v) is 17.6. The zero-order chi connectivity index (χ0) is 21.0. The molecule has 3 heterocycles. The number of hydrogen-bond acceptors (Lipinski definition) is 4. The summed E-state index contributed by atoms with van der Waals surface area (Å²) in [6, 6.07) is 17.9. The summed E-state index contributed by atoms with van der Waals surface area (Å²) in [5.74, 6) is -0.342. The SMILES string of the molecule is NC(=O)[C@]1(Cc2cccc(-c3cccs3)c2)CCCN(C(=O)Cc2ccccn2)C1. The summed E-state index contributed by atoms with van der Waals surface area (Å²) in [5.41, 5.74) is 8.11. The lowest BCUT2D eigenvalue weighted by Gasteiger charge is -2.41. The van der Waals surface area contributed by atoms with E-state index in [9.17, 15) is 9.59 Å². The second kappa shape index (κ2) is 8.79. The van der Waals surface area contributed by atoms with E-state index in [0.29, 0.717) is 25.9 Å². The van der Waals surface area contributed by atoms with Gasteiger partial charge in [-0.05, 0) is 54.0 Å². The van der Waals surface area contributed by atoms with Gasteiger partial charge >= 0.3 is 0 Å². The summed E-state index contributed by atoms with van der Waals surface area (Å²) in [7, 11) is 0. The van der Waals surface area contributed by atoms with Crippen molar-refractivity contribution in [3.63, 3.8) is 0 Å². The first-order valence-corrected chi connectivity index (χ1v) is 11.0. The second-order valence-electron chi connectivity index (χ2n) is 7.92. The summed E-state index contributed by atoms with van der Waals surface area (Å²) >= 11 is 1.69. The van der Waals surface area contributed by atoms with Gasteiger partial charge in [0.05, 0.1) is 11.8 Å². The average Bonchev–Trinajstić information content (AvgIpc) is 3.30. The number of rotatable bonds is 6. The Morgan fingerprint density at radius 2 is 2.03 bits per heavy atom. The molecule has 0 bridgehead atoms. The van der Waals surface area contributed by atoms with Gasteiger partial charge < -0.3 is 10.6 Å². The number of likely N-dealkylation sites (tertiary alicyclic amines) is 1. The molecule has 2 N–H and O–H groups in total. The molecular weight excluding hydrogens is 394 g/mol. The highest BCUT2D eigenvalue weighted by atomic mass is 32.1. The van der Waals surface area contributed by atoms with Crippen LogP contribution in [0.5, 0.6) is 0 Å². The van der Waals surface area contributed by atoms with E-state index in [0.717, 1.165) is 23.2 Å². The predicted molar refractivity (Wildman–Crippen MR) is 119 cm³/mol. The predicted octanol–water partition coefficient (Wildman–Crippen LogP) is 3.69. The number of aromatic nitrogens is 1. The smallest absolute Gasteiger partial charge is 0.228 e. The van der Waals surface area contributed by atoms with Crippen LogP contribution in [0.4, 0.5) is 0 Å². The van der Waals surface area contributed by atoms with Crippen molar-refractivity contribution in [3.8, 4) is 10.4 Å². The van der Waals surface area contributed by atoms with Gasteiger partial charge in [0.2, 0.25) is 11.8 Å². The Labute approximate surface area is 180 Å². The minimum Gasteiger partial charge on any atom is -0.369 e. The van der Waals surface area contributed by atoms with Crippen molar-refractivity contribution in [2.45, 2.75) is 25.7 Å². The molecule has 0 saturated carbocycles. The molecule has 6 heteroatoms. The molecule has 154 valence electrons. The maximum absolute atomic E-state index is 12.9. The lowest BCUT2D eigenvalue weighted by atomic mass is 9.74. The number of primary amides is 1. The van der Waals surface area contributed by atoms with Gasteiger partial charge in [-0.15, -0.1) is 11.3 Å². The molecule has 1 aliphatic heterocycles. The third-order valence-corrected chi connectivity index (χ3v) is 6.70. The van der Waals surface area contributed by atoms with Gasteiger partial charge in [0, 0.05) is 29.9 Å². The molecule has 1 atom stereocenters. The van der Waals surface area contributed by atoms with Crippen LogP contribution in [-0.4, -0.2) is 34.8 Å². The molecule has 0 radical (unpaired) electrons. The van der Waals surface area contributed by atoms with Crippen molar-refractivity contribution in [2.75, 3.05) is 13.1 Å². The first-order chi connectivity index (χ1) is 14.6. The Kier molecular flexibility index (Phi) is 5.95. The number of piperidine rings is 1. The molecule has 1 fully saturated rings. The van der Waals surface area contributed by atoms with Gasteiger partial charge in [-0.3, -0.25) is 14.6 Å². The number of carbonyl (C=O) groups excluding carboxylic acids is 2. The van der Waals surface area contributed by atoms with E-state index in [1.165, 1.54) is 4.88 Å². The highest BCUT2D eigenvalue weighted by molar-refractivity contribution is 7.13. The molecule has 30 heavy (non-hydrogen) atoms. The molecule has 1 saturated heterocycles. The van der Waals surface area contributed by atoms with Gasteiger partial charge in [-0.1, -0.05) is 36.4 Å². The summed E-state index contributed by atoms with van der Waals surface area (Å²) in [6.07, 6.45) is 3.92. The van der Waals surface area contributed by atoms with E-state index in [1.54, 1.807) is 22.4 Å². The Morgan fingerprint density at radius 1 is 1.13 bits per heavy atom. The monoisotopic (exact) mass is 419 g/mol. The van der Waals surface area contributed by atoms with Crippen molar-refractivity contribution in [1.29, 1.82) is 0 Å². The normalized spacial score (nSPS) is 18.9. The third-order valence-electron chi connectivity index (χ3n) is 5.79. The van der Waals surface area contributed by atoms with Crippen LogP contribution >= 0.6 is 11.3 Å². The third kappa shape index (κ3) is 4.44. The molecular formula is C24H25N3O2S. The number of amides is 2. The largest absolute Gasteiger partial charge is 0.369 e. The van der Waals surface area contributed by atoms with Gasteiger partial charge in [0.15, 0.2) is 0 Å². The van der Waals surface area contributed by atoms with E-state index in [1.807, 2.05) is 36.4 Å². The molecule has 2 amide bonds. The molecule has 3 aromatic rings. The van der Waals surface area contributed by atoms with E-state index < -0.39 is 5.41 Å². The van der Waals surface area contributed by atoms with Crippen LogP contribution in [0.2, 0.25) is 0 Å². The first kappa shape index (κ1) is 20.3. The second-order valence-corrected chi connectivity index (χ2v) is 8.86. The highest BCUT2D eigenvalue weighted by Crippen LogP contribution is 2.35. The molecule has 2 aromatic heterocycles. The van der Waals surface area contributed by atoms with Gasteiger partial charge in [0.25, 0.3) is 0 Å². The van der Waals surface area contributed by atoms with Crippen LogP contribution in [0, 0.1) is 5.41 Å². The van der Waals surface area contributed by atoms with Crippen molar-refractivity contribution in [3.05, 3.63) is 77.4 Å². The van der Waals surface area contributed by atoms with Crippen molar-refractivity contribution in [1.82, 2.24) is 9.88 Å². The number of carbonyl (C=O) groups is 2. The van der Waals surface area contributed by atoms with Crippen LogP contribution in [0.1, 0.15) is 24.1 Å². The Hall–Kier alpha value is -2.99. The Balaban J connectivity index is 1.53. The van der Waals surface area contributed by atoms with Crippen LogP contribution < -0.4 is 5.73 Å². The molecule has 0 aliphatic carbocycles. The summed E-state index contributed by atoms with van der Waals surface area (Å²) in [4.78, 5) is 32.7.